The maximum absolute atomic E-state index is 10.6. The molecule has 0 spiro atoms. The van der Waals surface area contributed by atoms with Crippen molar-refractivity contribution < 1.29 is 9.90 Å². The van der Waals surface area contributed by atoms with Gasteiger partial charge in [-0.1, -0.05) is 35.9 Å². The van der Waals surface area contributed by atoms with Crippen LogP contribution in [0.5, 0.6) is 0 Å². The van der Waals surface area contributed by atoms with Crippen LogP contribution >= 0.6 is 11.6 Å². The van der Waals surface area contributed by atoms with Crippen LogP contribution in [0.1, 0.15) is 16.7 Å². The summed E-state index contributed by atoms with van der Waals surface area (Å²) in [5, 5.41) is 21.1. The minimum atomic E-state index is -0.840. The molecule has 0 aromatic heterocycles. The Morgan fingerprint density at radius 3 is 2.43 bits per heavy atom. The summed E-state index contributed by atoms with van der Waals surface area (Å²) < 4.78 is 0. The van der Waals surface area contributed by atoms with E-state index in [0.717, 1.165) is 16.8 Å². The highest BCUT2D eigenvalue weighted by atomic mass is 35.5. The lowest BCUT2D eigenvalue weighted by atomic mass is 10.1. The van der Waals surface area contributed by atoms with Crippen molar-refractivity contribution in [2.75, 3.05) is 5.32 Å². The summed E-state index contributed by atoms with van der Waals surface area (Å²) in [6.07, 6.45) is 0.0267. The normalized spacial score (nSPS) is 9.90. The van der Waals surface area contributed by atoms with Crippen LogP contribution in [0.15, 0.2) is 42.5 Å². The van der Waals surface area contributed by atoms with E-state index in [0.29, 0.717) is 17.1 Å². The molecule has 0 bridgehead atoms. The van der Waals surface area contributed by atoms with Gasteiger partial charge < -0.3 is 10.4 Å². The maximum atomic E-state index is 10.6. The highest BCUT2D eigenvalue weighted by Gasteiger charge is 2.02. The number of nitrogens with one attached hydrogen (secondary N) is 1. The molecule has 0 fully saturated rings. The number of nitrogens with zero attached hydrogens (tertiary/aromatic N) is 1. The lowest BCUT2D eigenvalue weighted by molar-refractivity contribution is -0.136. The molecule has 5 heteroatoms. The average Bonchev–Trinajstić information content (AvgIpc) is 2.46. The monoisotopic (exact) mass is 300 g/mol. The Hall–Kier alpha value is -2.51. The van der Waals surface area contributed by atoms with Crippen LogP contribution < -0.4 is 5.32 Å². The fraction of sp³-hybridized carbons (Fsp3) is 0.125. The molecule has 4 nitrogen and oxygen atoms in total. The third-order valence-electron chi connectivity index (χ3n) is 2.96. The van der Waals surface area contributed by atoms with Gasteiger partial charge in [-0.3, -0.25) is 4.79 Å². The molecule has 0 atom stereocenters. The van der Waals surface area contributed by atoms with Gasteiger partial charge in [0, 0.05) is 12.2 Å². The molecule has 106 valence electrons. The maximum Gasteiger partial charge on any atom is 0.307 e. The number of hydrogen-bond acceptors (Lipinski definition) is 3. The second-order valence-corrected chi connectivity index (χ2v) is 4.95. The molecular formula is C16H13ClN2O2. The lowest BCUT2D eigenvalue weighted by Gasteiger charge is -2.08. The van der Waals surface area contributed by atoms with Crippen molar-refractivity contribution in [2.24, 2.45) is 0 Å². The van der Waals surface area contributed by atoms with Crippen molar-refractivity contribution in [3.05, 3.63) is 64.2 Å². The molecule has 0 unspecified atom stereocenters. The molecule has 0 radical (unpaired) electrons. The Morgan fingerprint density at radius 2 is 1.86 bits per heavy atom. The molecule has 0 saturated heterocycles. The fourth-order valence-corrected chi connectivity index (χ4v) is 2.09. The smallest absolute Gasteiger partial charge is 0.307 e. The van der Waals surface area contributed by atoms with Gasteiger partial charge in [-0.2, -0.15) is 5.26 Å². The number of aliphatic carboxylic acids is 1. The van der Waals surface area contributed by atoms with Crippen LogP contribution in [0.3, 0.4) is 0 Å². The number of halogens is 1. The number of rotatable bonds is 5. The first-order valence-corrected chi connectivity index (χ1v) is 6.69. The van der Waals surface area contributed by atoms with E-state index in [1.54, 1.807) is 30.3 Å². The SMILES string of the molecule is N#Cc1ccc(NCc2ccc(CC(=O)O)cc2)cc1Cl. The van der Waals surface area contributed by atoms with Crippen LogP contribution in [0, 0.1) is 11.3 Å². The topological polar surface area (TPSA) is 73.1 Å². The lowest BCUT2D eigenvalue weighted by Crippen LogP contribution is -2.02. The molecule has 2 rings (SSSR count). The van der Waals surface area contributed by atoms with Gasteiger partial charge in [0.2, 0.25) is 0 Å². The average molecular weight is 301 g/mol. The summed E-state index contributed by atoms with van der Waals surface area (Å²) in [7, 11) is 0. The van der Waals surface area contributed by atoms with E-state index < -0.39 is 5.97 Å². The first kappa shape index (κ1) is 14.9. The quantitative estimate of drug-likeness (QED) is 0.887. The van der Waals surface area contributed by atoms with Crippen LogP contribution in [0.25, 0.3) is 0 Å². The van der Waals surface area contributed by atoms with Gasteiger partial charge in [-0.05, 0) is 29.3 Å². The van der Waals surface area contributed by atoms with E-state index in [9.17, 15) is 4.79 Å². The van der Waals surface area contributed by atoms with Crippen LogP contribution in [-0.2, 0) is 17.8 Å². The minimum Gasteiger partial charge on any atom is -0.481 e. The molecule has 0 amide bonds. The van der Waals surface area contributed by atoms with Crippen molar-refractivity contribution in [1.82, 2.24) is 0 Å². The largest absolute Gasteiger partial charge is 0.481 e. The summed E-state index contributed by atoms with van der Waals surface area (Å²) in [4.78, 5) is 10.6. The Balaban J connectivity index is 1.98. The van der Waals surface area contributed by atoms with Crippen LogP contribution in [0.2, 0.25) is 5.02 Å². The summed E-state index contributed by atoms with van der Waals surface area (Å²) in [6, 6.07) is 14.6. The van der Waals surface area contributed by atoms with E-state index >= 15 is 0 Å². The number of benzene rings is 2. The van der Waals surface area contributed by atoms with Gasteiger partial charge in [0.25, 0.3) is 0 Å². The fourth-order valence-electron chi connectivity index (χ4n) is 1.87. The number of hydrogen-bond donors (Lipinski definition) is 2. The minimum absolute atomic E-state index is 0.0267. The van der Waals surface area contributed by atoms with Gasteiger partial charge in [0.15, 0.2) is 0 Å². The molecule has 0 aliphatic rings. The first-order chi connectivity index (χ1) is 10.1. The third kappa shape index (κ3) is 4.23. The zero-order chi connectivity index (χ0) is 15.2. The molecule has 0 saturated carbocycles. The highest BCUT2D eigenvalue weighted by molar-refractivity contribution is 6.32. The number of anilines is 1. The first-order valence-electron chi connectivity index (χ1n) is 6.31. The molecule has 21 heavy (non-hydrogen) atoms. The highest BCUT2D eigenvalue weighted by Crippen LogP contribution is 2.20. The van der Waals surface area contributed by atoms with Crippen molar-refractivity contribution in [3.63, 3.8) is 0 Å². The molecular weight excluding hydrogens is 288 g/mol. The Kier molecular flexibility index (Phi) is 4.81. The predicted molar refractivity (Wildman–Crippen MR) is 81.3 cm³/mol. The standard InChI is InChI=1S/C16H13ClN2O2/c17-15-8-14(6-5-13(15)9-18)19-10-12-3-1-11(2-4-12)7-16(20)21/h1-6,8,19H,7,10H2,(H,20,21). The Labute approximate surface area is 127 Å². The van der Waals surface area contributed by atoms with E-state index in [1.807, 2.05) is 18.2 Å². The molecule has 2 N–H and O–H groups in total. The number of nitriles is 1. The molecule has 0 aliphatic heterocycles. The van der Waals surface area contributed by atoms with E-state index in [2.05, 4.69) is 5.32 Å². The van der Waals surface area contributed by atoms with Crippen LogP contribution in [-0.4, -0.2) is 11.1 Å². The summed E-state index contributed by atoms with van der Waals surface area (Å²) in [5.74, 6) is -0.840. The summed E-state index contributed by atoms with van der Waals surface area (Å²) in [6.45, 7) is 0.593. The van der Waals surface area contributed by atoms with Crippen molar-refractivity contribution >= 4 is 23.3 Å². The van der Waals surface area contributed by atoms with E-state index in [4.69, 9.17) is 22.0 Å². The Bertz CT molecular complexity index is 690. The molecule has 2 aromatic carbocycles. The number of carboxylic acids is 1. The summed E-state index contributed by atoms with van der Waals surface area (Å²) in [5.41, 5.74) is 3.08. The molecule has 2 aromatic rings. The summed E-state index contributed by atoms with van der Waals surface area (Å²) >= 11 is 5.96. The van der Waals surface area contributed by atoms with Gasteiger partial charge in [0.05, 0.1) is 17.0 Å². The van der Waals surface area contributed by atoms with Crippen molar-refractivity contribution in [3.8, 4) is 6.07 Å². The van der Waals surface area contributed by atoms with E-state index in [1.165, 1.54) is 0 Å². The zero-order valence-corrected chi connectivity index (χ0v) is 11.9. The van der Waals surface area contributed by atoms with E-state index in [-0.39, 0.29) is 6.42 Å². The second kappa shape index (κ2) is 6.78. The third-order valence-corrected chi connectivity index (χ3v) is 3.28. The van der Waals surface area contributed by atoms with Gasteiger partial charge >= 0.3 is 5.97 Å². The predicted octanol–water partition coefficient (Wildman–Crippen LogP) is 3.45. The van der Waals surface area contributed by atoms with Gasteiger partial charge in [0.1, 0.15) is 6.07 Å². The second-order valence-electron chi connectivity index (χ2n) is 4.55. The zero-order valence-electron chi connectivity index (χ0n) is 11.1. The number of carboxylic acid groups (broad SMARTS) is 1. The van der Waals surface area contributed by atoms with Crippen molar-refractivity contribution in [2.45, 2.75) is 13.0 Å². The van der Waals surface area contributed by atoms with Gasteiger partial charge in [-0.15, -0.1) is 0 Å². The number of carbonyl (C=O) groups is 1. The van der Waals surface area contributed by atoms with Crippen LogP contribution in [0.4, 0.5) is 5.69 Å². The van der Waals surface area contributed by atoms with Gasteiger partial charge in [-0.25, -0.2) is 0 Å². The molecule has 0 aliphatic carbocycles. The van der Waals surface area contributed by atoms with Crippen molar-refractivity contribution in [1.29, 1.82) is 5.26 Å². The molecule has 0 heterocycles. The Morgan fingerprint density at radius 1 is 1.19 bits per heavy atom.